The van der Waals surface area contributed by atoms with Crippen LogP contribution in [0.15, 0.2) is 65.6 Å². The van der Waals surface area contributed by atoms with Gasteiger partial charge in [-0.3, -0.25) is 4.98 Å². The van der Waals surface area contributed by atoms with Gasteiger partial charge in [-0.25, -0.2) is 19.2 Å². The van der Waals surface area contributed by atoms with E-state index in [2.05, 4.69) is 30.2 Å². The molecule has 0 aliphatic heterocycles. The van der Waals surface area contributed by atoms with E-state index in [1.54, 1.807) is 18.2 Å². The maximum atomic E-state index is 13.3. The molecule has 0 spiro atoms. The molecule has 2 aromatic carbocycles. The Morgan fingerprint density at radius 3 is 2.39 bits per heavy atom. The number of hydrogen-bond donors (Lipinski definition) is 5. The van der Waals surface area contributed by atoms with Gasteiger partial charge in [0.2, 0.25) is 5.82 Å². The first-order valence-electron chi connectivity index (χ1n) is 10.4. The van der Waals surface area contributed by atoms with Crippen molar-refractivity contribution in [3.63, 3.8) is 0 Å². The summed E-state index contributed by atoms with van der Waals surface area (Å²) in [5.41, 5.74) is 0.401. The number of aromatic nitrogens is 5. The minimum absolute atomic E-state index is 0.176. The summed E-state index contributed by atoms with van der Waals surface area (Å²) in [6.45, 7) is 0. The molecule has 0 saturated heterocycles. The Morgan fingerprint density at radius 2 is 1.69 bits per heavy atom. The second-order valence-electron chi connectivity index (χ2n) is 7.64. The topological polar surface area (TPSA) is 132 Å². The number of hydrogen-bond acceptors (Lipinski definition) is 6. The lowest BCUT2D eigenvalue weighted by atomic mass is 10.1. The summed E-state index contributed by atoms with van der Waals surface area (Å²) in [6, 6.07) is 12.4. The van der Waals surface area contributed by atoms with Crippen molar-refractivity contribution in [2.75, 3.05) is 5.32 Å². The Balaban J connectivity index is 1.38. The highest BCUT2D eigenvalue weighted by Gasteiger charge is 2.37. The number of nitrogens with zero attached hydrogens (tertiary/aromatic N) is 2. The fourth-order valence-electron chi connectivity index (χ4n) is 3.52. The molecule has 1 unspecified atom stereocenters. The van der Waals surface area contributed by atoms with Gasteiger partial charge in [0, 0.05) is 23.5 Å². The van der Waals surface area contributed by atoms with Crippen molar-refractivity contribution in [3.8, 4) is 22.8 Å². The maximum absolute atomic E-state index is 13.3. The Hall–Kier alpha value is -4.65. The molecule has 5 aromatic rings. The molecule has 0 aliphatic rings. The number of H-pyrrole nitrogens is 3. The highest BCUT2D eigenvalue weighted by molar-refractivity contribution is 5.77. The molecule has 184 valence electrons. The summed E-state index contributed by atoms with van der Waals surface area (Å²) in [5.74, 6) is -1.13. The van der Waals surface area contributed by atoms with Crippen molar-refractivity contribution in [1.82, 2.24) is 24.9 Å². The molecule has 0 bridgehead atoms. The van der Waals surface area contributed by atoms with Gasteiger partial charge in [0.25, 0.3) is 0 Å². The normalized spacial score (nSPS) is 12.6. The fourth-order valence-corrected chi connectivity index (χ4v) is 3.52. The number of rotatable bonds is 6. The molecule has 0 aliphatic carbocycles. The van der Waals surface area contributed by atoms with E-state index >= 15 is 0 Å². The van der Waals surface area contributed by atoms with Gasteiger partial charge in [-0.1, -0.05) is 0 Å². The highest BCUT2D eigenvalue weighted by atomic mass is 19.4. The molecule has 3 aromatic heterocycles. The first-order chi connectivity index (χ1) is 17.2. The number of imidazole rings is 2. The molecule has 3 heterocycles. The van der Waals surface area contributed by atoms with E-state index in [1.165, 1.54) is 30.5 Å². The van der Waals surface area contributed by atoms with E-state index in [4.69, 9.17) is 4.74 Å². The predicted molar refractivity (Wildman–Crippen MR) is 121 cm³/mol. The molecule has 36 heavy (non-hydrogen) atoms. The van der Waals surface area contributed by atoms with Crippen LogP contribution < -0.4 is 15.7 Å². The molecular formula is C23H16F4N6O3. The van der Waals surface area contributed by atoms with Crippen molar-refractivity contribution >= 4 is 16.9 Å². The van der Waals surface area contributed by atoms with E-state index in [0.29, 0.717) is 28.4 Å². The first-order valence-corrected chi connectivity index (χ1v) is 10.4. The molecule has 0 amide bonds. The lowest BCUT2D eigenvalue weighted by Gasteiger charge is -2.15. The third-order valence-corrected chi connectivity index (χ3v) is 5.16. The second-order valence-corrected chi connectivity index (χ2v) is 7.64. The lowest BCUT2D eigenvalue weighted by molar-refractivity contribution is -0.144. The van der Waals surface area contributed by atoms with E-state index in [0.717, 1.165) is 12.1 Å². The van der Waals surface area contributed by atoms with Crippen LogP contribution in [-0.2, 0) is 6.18 Å². The van der Waals surface area contributed by atoms with Crippen LogP contribution in [0.5, 0.6) is 11.5 Å². The van der Waals surface area contributed by atoms with Crippen molar-refractivity contribution in [2.45, 2.75) is 12.4 Å². The van der Waals surface area contributed by atoms with Crippen LogP contribution >= 0.6 is 0 Å². The lowest BCUT2D eigenvalue weighted by Crippen LogP contribution is -2.12. The Bertz CT molecular complexity index is 1570. The van der Waals surface area contributed by atoms with E-state index in [9.17, 15) is 27.5 Å². The van der Waals surface area contributed by atoms with Crippen LogP contribution in [0.2, 0.25) is 0 Å². The molecule has 5 N–H and O–H groups in total. The number of halogens is 4. The van der Waals surface area contributed by atoms with Gasteiger partial charge in [0.15, 0.2) is 17.6 Å². The summed E-state index contributed by atoms with van der Waals surface area (Å²) in [5, 5.41) is 13.4. The standard InChI is InChI=1S/C23H16F4N6O3/c24-12-3-1-11(2-4-12)16-18(31-21(30-16)23(25,26)27)20(34)29-13-5-7-14(8-6-13)36-15-9-10-28-19-17(15)32-22(35)33-19/h1-10,20,29,34H,(H,30,31)(H2,28,32,33,35). The Kier molecular flexibility index (Phi) is 5.68. The van der Waals surface area contributed by atoms with Gasteiger partial charge < -0.3 is 25.1 Å². The molecule has 0 fully saturated rings. The van der Waals surface area contributed by atoms with Crippen LogP contribution in [0.4, 0.5) is 23.2 Å². The minimum Gasteiger partial charge on any atom is -0.455 e. The monoisotopic (exact) mass is 500 g/mol. The number of benzene rings is 2. The van der Waals surface area contributed by atoms with Crippen molar-refractivity contribution in [2.24, 2.45) is 0 Å². The zero-order valence-electron chi connectivity index (χ0n) is 18.0. The molecule has 0 radical (unpaired) electrons. The summed E-state index contributed by atoms with van der Waals surface area (Å²) in [4.78, 5) is 26.3. The Labute approximate surface area is 198 Å². The third-order valence-electron chi connectivity index (χ3n) is 5.16. The van der Waals surface area contributed by atoms with Crippen LogP contribution in [0.3, 0.4) is 0 Å². The second kappa shape index (κ2) is 8.85. The number of ether oxygens (including phenoxy) is 1. The molecule has 13 heteroatoms. The van der Waals surface area contributed by atoms with Crippen molar-refractivity contribution in [1.29, 1.82) is 0 Å². The predicted octanol–water partition coefficient (Wildman–Crippen LogP) is 4.69. The summed E-state index contributed by atoms with van der Waals surface area (Å²) >= 11 is 0. The van der Waals surface area contributed by atoms with Gasteiger partial charge in [-0.05, 0) is 48.5 Å². The number of alkyl halides is 3. The number of pyridine rings is 1. The fraction of sp³-hybridized carbons (Fsp3) is 0.0870. The minimum atomic E-state index is -4.78. The molecule has 1 atom stereocenters. The maximum Gasteiger partial charge on any atom is 0.449 e. The zero-order valence-corrected chi connectivity index (χ0v) is 18.0. The number of aliphatic hydroxyl groups excluding tert-OH is 1. The number of aromatic amines is 3. The number of nitrogens with one attached hydrogen (secondary N) is 4. The Morgan fingerprint density at radius 1 is 0.972 bits per heavy atom. The molecular weight excluding hydrogens is 484 g/mol. The summed E-state index contributed by atoms with van der Waals surface area (Å²) < 4.78 is 58.9. The van der Waals surface area contributed by atoms with Crippen LogP contribution in [0.1, 0.15) is 17.7 Å². The van der Waals surface area contributed by atoms with Gasteiger partial charge >= 0.3 is 11.9 Å². The van der Waals surface area contributed by atoms with E-state index < -0.39 is 29.7 Å². The van der Waals surface area contributed by atoms with Crippen molar-refractivity contribution < 1.29 is 27.4 Å². The molecule has 0 saturated carbocycles. The average Bonchev–Trinajstić information content (AvgIpc) is 3.45. The molecule has 9 nitrogen and oxygen atoms in total. The van der Waals surface area contributed by atoms with Gasteiger partial charge in [0.05, 0.1) is 11.4 Å². The van der Waals surface area contributed by atoms with Crippen LogP contribution in [-0.4, -0.2) is 30.0 Å². The molecule has 5 rings (SSSR count). The SMILES string of the molecule is O=c1[nH]c2nccc(Oc3ccc(NC(O)c4[nH]c(C(F)(F)F)nc4-c4ccc(F)cc4)cc3)c2[nH]1. The number of aliphatic hydroxyl groups is 1. The van der Waals surface area contributed by atoms with Crippen molar-refractivity contribution in [3.05, 3.63) is 88.6 Å². The number of fused-ring (bicyclic) bond motifs is 1. The summed E-state index contributed by atoms with van der Waals surface area (Å²) in [7, 11) is 0. The third kappa shape index (κ3) is 4.63. The van der Waals surface area contributed by atoms with Gasteiger partial charge in [-0.2, -0.15) is 13.2 Å². The first kappa shape index (κ1) is 23.1. The van der Waals surface area contributed by atoms with Crippen LogP contribution in [0, 0.1) is 5.82 Å². The zero-order chi connectivity index (χ0) is 25.4. The van der Waals surface area contributed by atoms with Crippen LogP contribution in [0.25, 0.3) is 22.4 Å². The largest absolute Gasteiger partial charge is 0.455 e. The van der Waals surface area contributed by atoms with Gasteiger partial charge in [-0.15, -0.1) is 0 Å². The number of anilines is 1. The quantitative estimate of drug-likeness (QED) is 0.170. The van der Waals surface area contributed by atoms with E-state index in [-0.39, 0.29) is 17.0 Å². The average molecular weight is 500 g/mol. The summed E-state index contributed by atoms with van der Waals surface area (Å²) in [6.07, 6.45) is -4.93. The van der Waals surface area contributed by atoms with Gasteiger partial charge in [0.1, 0.15) is 17.1 Å². The van der Waals surface area contributed by atoms with E-state index in [1.807, 2.05) is 0 Å². The smallest absolute Gasteiger partial charge is 0.449 e. The highest BCUT2D eigenvalue weighted by Crippen LogP contribution is 2.34.